The van der Waals surface area contributed by atoms with Crippen LogP contribution in [0, 0.1) is 41.4 Å². The van der Waals surface area contributed by atoms with Crippen molar-refractivity contribution in [2.45, 2.75) is 19.3 Å². The van der Waals surface area contributed by atoms with Crippen LogP contribution in [0.2, 0.25) is 0 Å². The van der Waals surface area contributed by atoms with Gasteiger partial charge in [0.15, 0.2) is 0 Å². The van der Waals surface area contributed by atoms with Crippen LogP contribution in [-0.4, -0.2) is 13.1 Å². The van der Waals surface area contributed by atoms with Crippen LogP contribution in [0.3, 0.4) is 0 Å². The van der Waals surface area contributed by atoms with Crippen LogP contribution in [0.5, 0.6) is 0 Å². The first kappa shape index (κ1) is 9.26. The topological polar surface area (TPSA) is 26.3 Å². The second kappa shape index (κ2) is 2.91. The van der Waals surface area contributed by atoms with Gasteiger partial charge in [0.25, 0.3) is 0 Å². The average Bonchev–Trinajstić information content (AvgIpc) is 3.03. The summed E-state index contributed by atoms with van der Waals surface area (Å²) in [6.45, 7) is 0. The first-order chi connectivity index (χ1) is 7.79. The Labute approximate surface area is 96.0 Å². The lowest BCUT2D eigenvalue weighted by molar-refractivity contribution is -0.148. The summed E-state index contributed by atoms with van der Waals surface area (Å²) < 4.78 is 4.96. The predicted molar refractivity (Wildman–Crippen MR) is 59.4 cm³/mol. The van der Waals surface area contributed by atoms with Gasteiger partial charge in [0.2, 0.25) is 0 Å². The van der Waals surface area contributed by atoms with Gasteiger partial charge in [-0.15, -0.1) is 0 Å². The molecule has 4 aliphatic rings. The maximum Gasteiger partial charge on any atom is 0.308 e. The molecule has 2 nitrogen and oxygen atoms in total. The molecule has 0 aromatic heterocycles. The van der Waals surface area contributed by atoms with Gasteiger partial charge < -0.3 is 4.74 Å². The molecule has 0 heterocycles. The van der Waals surface area contributed by atoms with Gasteiger partial charge in [0.05, 0.1) is 13.0 Å². The minimum Gasteiger partial charge on any atom is -0.469 e. The summed E-state index contributed by atoms with van der Waals surface area (Å²) in [6.07, 6.45) is 8.64. The number of esters is 1. The quantitative estimate of drug-likeness (QED) is 0.383. The summed E-state index contributed by atoms with van der Waals surface area (Å²) in [7, 11) is 1.53. The molecule has 4 bridgehead atoms. The lowest BCUT2D eigenvalue weighted by atomic mass is 9.69. The number of carbonyl (C=O) groups is 1. The molecular formula is C14H18O2. The van der Waals surface area contributed by atoms with E-state index in [0.29, 0.717) is 5.92 Å². The monoisotopic (exact) mass is 218 g/mol. The van der Waals surface area contributed by atoms with E-state index in [1.807, 2.05) is 0 Å². The molecule has 7 atom stereocenters. The number of methoxy groups -OCH3 is 1. The highest BCUT2D eigenvalue weighted by Crippen LogP contribution is 2.66. The third-order valence-electron chi connectivity index (χ3n) is 5.77. The molecule has 0 aromatic rings. The molecule has 86 valence electrons. The zero-order valence-electron chi connectivity index (χ0n) is 9.63. The van der Waals surface area contributed by atoms with Crippen LogP contribution in [0.4, 0.5) is 0 Å². The van der Waals surface area contributed by atoms with Crippen molar-refractivity contribution in [1.82, 2.24) is 0 Å². The van der Waals surface area contributed by atoms with Crippen LogP contribution >= 0.6 is 0 Å². The highest BCUT2D eigenvalue weighted by Gasteiger charge is 2.62. The van der Waals surface area contributed by atoms with E-state index < -0.39 is 0 Å². The SMILES string of the molecule is COC(=O)[C@H]1C[C@@H]2C[C@H]1[C@@H]1[C@H]2[C@@H]2C=C[C@H]1C2. The number of rotatable bonds is 1. The molecule has 0 unspecified atom stereocenters. The van der Waals surface area contributed by atoms with Gasteiger partial charge in [-0.05, 0) is 54.8 Å². The molecule has 4 aliphatic carbocycles. The fourth-order valence-corrected chi connectivity index (χ4v) is 5.44. The van der Waals surface area contributed by atoms with Gasteiger partial charge in [-0.25, -0.2) is 0 Å². The van der Waals surface area contributed by atoms with Crippen molar-refractivity contribution in [2.24, 2.45) is 41.4 Å². The number of carbonyl (C=O) groups excluding carboxylic acids is 1. The number of allylic oxidation sites excluding steroid dienone is 2. The van der Waals surface area contributed by atoms with Gasteiger partial charge >= 0.3 is 5.97 Å². The molecule has 0 amide bonds. The van der Waals surface area contributed by atoms with E-state index in [9.17, 15) is 4.79 Å². The van der Waals surface area contributed by atoms with Crippen LogP contribution in [0.15, 0.2) is 12.2 Å². The third kappa shape index (κ3) is 0.922. The Hall–Kier alpha value is -0.790. The van der Waals surface area contributed by atoms with Crippen molar-refractivity contribution in [2.75, 3.05) is 7.11 Å². The second-order valence-electron chi connectivity index (χ2n) is 6.13. The summed E-state index contributed by atoms with van der Waals surface area (Å²) in [5, 5.41) is 0. The van der Waals surface area contributed by atoms with Crippen molar-refractivity contribution in [3.63, 3.8) is 0 Å². The molecule has 0 radical (unpaired) electrons. The van der Waals surface area contributed by atoms with E-state index in [1.165, 1.54) is 20.0 Å². The first-order valence-corrected chi connectivity index (χ1v) is 6.55. The first-order valence-electron chi connectivity index (χ1n) is 6.55. The van der Waals surface area contributed by atoms with Gasteiger partial charge in [0.1, 0.15) is 0 Å². The van der Waals surface area contributed by atoms with E-state index in [0.717, 1.165) is 36.0 Å². The van der Waals surface area contributed by atoms with Crippen molar-refractivity contribution < 1.29 is 9.53 Å². The molecule has 3 saturated carbocycles. The molecule has 3 fully saturated rings. The minimum atomic E-state index is 0.0534. The molecule has 0 N–H and O–H groups in total. The zero-order chi connectivity index (χ0) is 10.9. The molecule has 0 saturated heterocycles. The number of fused-ring (bicyclic) bond motifs is 9. The lowest BCUT2D eigenvalue weighted by Crippen LogP contribution is -2.34. The second-order valence-corrected chi connectivity index (χ2v) is 6.13. The normalized spacial score (nSPS) is 55.7. The summed E-state index contributed by atoms with van der Waals surface area (Å²) in [5.41, 5.74) is 0. The van der Waals surface area contributed by atoms with Crippen LogP contribution in [0.1, 0.15) is 19.3 Å². The highest BCUT2D eigenvalue weighted by molar-refractivity contribution is 5.73. The average molecular weight is 218 g/mol. The summed E-state index contributed by atoms with van der Waals surface area (Å²) in [6, 6.07) is 0. The largest absolute Gasteiger partial charge is 0.469 e. The highest BCUT2D eigenvalue weighted by atomic mass is 16.5. The predicted octanol–water partition coefficient (Wildman–Crippen LogP) is 2.25. The fourth-order valence-electron chi connectivity index (χ4n) is 5.44. The Morgan fingerprint density at radius 1 is 1.12 bits per heavy atom. The van der Waals surface area contributed by atoms with E-state index >= 15 is 0 Å². The van der Waals surface area contributed by atoms with Crippen molar-refractivity contribution in [1.29, 1.82) is 0 Å². The van der Waals surface area contributed by atoms with E-state index in [1.54, 1.807) is 0 Å². The molecule has 0 aromatic carbocycles. The summed E-state index contributed by atoms with van der Waals surface area (Å²) >= 11 is 0. The smallest absolute Gasteiger partial charge is 0.308 e. The number of hydrogen-bond acceptors (Lipinski definition) is 2. The van der Waals surface area contributed by atoms with E-state index in [2.05, 4.69) is 12.2 Å². The summed E-state index contributed by atoms with van der Waals surface area (Å²) in [5.74, 6) is 5.11. The zero-order valence-corrected chi connectivity index (χ0v) is 9.63. The Morgan fingerprint density at radius 3 is 2.62 bits per heavy atom. The Morgan fingerprint density at radius 2 is 1.88 bits per heavy atom. The van der Waals surface area contributed by atoms with Gasteiger partial charge in [0, 0.05) is 0 Å². The van der Waals surface area contributed by atoms with Gasteiger partial charge in [-0.3, -0.25) is 4.79 Å². The molecule has 0 spiro atoms. The Kier molecular flexibility index (Phi) is 1.68. The van der Waals surface area contributed by atoms with Crippen LogP contribution in [0.25, 0.3) is 0 Å². The molecule has 16 heavy (non-hydrogen) atoms. The molecule has 4 rings (SSSR count). The van der Waals surface area contributed by atoms with Crippen LogP contribution in [-0.2, 0) is 9.53 Å². The van der Waals surface area contributed by atoms with Crippen LogP contribution < -0.4 is 0 Å². The van der Waals surface area contributed by atoms with E-state index in [4.69, 9.17) is 4.74 Å². The van der Waals surface area contributed by atoms with Crippen molar-refractivity contribution in [3.8, 4) is 0 Å². The maximum absolute atomic E-state index is 11.8. The Bertz CT molecular complexity index is 373. The number of hydrogen-bond donors (Lipinski definition) is 0. The van der Waals surface area contributed by atoms with Crippen molar-refractivity contribution >= 4 is 5.97 Å². The third-order valence-corrected chi connectivity index (χ3v) is 5.77. The number of ether oxygens (including phenoxy) is 1. The molecule has 2 heteroatoms. The van der Waals surface area contributed by atoms with Crippen molar-refractivity contribution in [3.05, 3.63) is 12.2 Å². The fraction of sp³-hybridized carbons (Fsp3) is 0.786. The van der Waals surface area contributed by atoms with E-state index in [-0.39, 0.29) is 11.9 Å². The lowest BCUT2D eigenvalue weighted by Gasteiger charge is -2.35. The van der Waals surface area contributed by atoms with Gasteiger partial charge in [-0.2, -0.15) is 0 Å². The minimum absolute atomic E-state index is 0.0534. The maximum atomic E-state index is 11.8. The molecule has 0 aliphatic heterocycles. The van der Waals surface area contributed by atoms with Gasteiger partial charge in [-0.1, -0.05) is 12.2 Å². The standard InChI is InChI=1S/C14H18O2/c1-16-14(15)11-6-9-5-10(11)13-8-3-2-7(4-8)12(9)13/h2-3,7-13H,4-6H2,1H3/t7-,8+,9+,10-,11+,12+,13-/m1/s1. The summed E-state index contributed by atoms with van der Waals surface area (Å²) in [4.78, 5) is 11.8. The Balaban J connectivity index is 1.66. The molecular weight excluding hydrogens is 200 g/mol.